The number of anilines is 2. The van der Waals surface area contributed by atoms with E-state index >= 15 is 0 Å². The van der Waals surface area contributed by atoms with Gasteiger partial charge < -0.3 is 4.90 Å². The van der Waals surface area contributed by atoms with Crippen molar-refractivity contribution in [1.82, 2.24) is 0 Å². The molecule has 0 aliphatic carbocycles. The summed E-state index contributed by atoms with van der Waals surface area (Å²) in [6, 6.07) is 15.2. The molecule has 0 radical (unpaired) electrons. The molecule has 1 nitrogen and oxygen atoms in total. The highest BCUT2D eigenvalue weighted by Gasteiger charge is 2.06. The summed E-state index contributed by atoms with van der Waals surface area (Å²) in [5.41, 5.74) is 6.41. The van der Waals surface area contributed by atoms with Crippen LogP contribution in [0.2, 0.25) is 0 Å². The topological polar surface area (TPSA) is 3.24 Å². The Labute approximate surface area is 104 Å². The lowest BCUT2D eigenvalue weighted by molar-refractivity contribution is 1.17. The zero-order valence-electron chi connectivity index (χ0n) is 11.0. The molecule has 2 aromatic carbocycles. The van der Waals surface area contributed by atoms with Gasteiger partial charge in [0.1, 0.15) is 0 Å². The Balaban J connectivity index is 2.40. The van der Waals surface area contributed by atoms with E-state index in [-0.39, 0.29) is 0 Å². The third-order valence-electron chi connectivity index (χ3n) is 3.10. The molecule has 2 rings (SSSR count). The van der Waals surface area contributed by atoms with Crippen molar-refractivity contribution < 1.29 is 0 Å². The average Bonchev–Trinajstić information content (AvgIpc) is 2.28. The summed E-state index contributed by atoms with van der Waals surface area (Å²) < 4.78 is 0. The standard InChI is InChI=1S/C16H19N/c1-12-6-5-7-15(11-12)17(4)16-9-8-13(2)10-14(16)3/h5-11H,1-4H3. The summed E-state index contributed by atoms with van der Waals surface area (Å²) in [6.07, 6.45) is 0. The van der Waals surface area contributed by atoms with Gasteiger partial charge in [-0.1, -0.05) is 29.8 Å². The van der Waals surface area contributed by atoms with Crippen LogP contribution in [0.25, 0.3) is 0 Å². The minimum Gasteiger partial charge on any atom is -0.344 e. The molecule has 0 atom stereocenters. The van der Waals surface area contributed by atoms with E-state index in [0.29, 0.717) is 0 Å². The Bertz CT molecular complexity index is 529. The van der Waals surface area contributed by atoms with Crippen LogP contribution in [-0.4, -0.2) is 7.05 Å². The fourth-order valence-electron chi connectivity index (χ4n) is 2.16. The molecule has 0 bridgehead atoms. The Morgan fingerprint density at radius 3 is 2.18 bits per heavy atom. The molecule has 0 saturated heterocycles. The van der Waals surface area contributed by atoms with Gasteiger partial charge in [-0.25, -0.2) is 0 Å². The molecule has 0 aliphatic heterocycles. The molecule has 2 aromatic rings. The monoisotopic (exact) mass is 225 g/mol. The summed E-state index contributed by atoms with van der Waals surface area (Å²) in [5, 5.41) is 0. The van der Waals surface area contributed by atoms with Crippen molar-refractivity contribution >= 4 is 11.4 Å². The van der Waals surface area contributed by atoms with Gasteiger partial charge in [0.15, 0.2) is 0 Å². The Kier molecular flexibility index (Phi) is 3.19. The fourth-order valence-corrected chi connectivity index (χ4v) is 2.16. The minimum atomic E-state index is 1.23. The van der Waals surface area contributed by atoms with Gasteiger partial charge in [0.05, 0.1) is 0 Å². The van der Waals surface area contributed by atoms with Crippen molar-refractivity contribution in [1.29, 1.82) is 0 Å². The highest BCUT2D eigenvalue weighted by atomic mass is 15.1. The summed E-state index contributed by atoms with van der Waals surface area (Å²) in [6.45, 7) is 6.41. The number of hydrogen-bond donors (Lipinski definition) is 0. The van der Waals surface area contributed by atoms with Crippen LogP contribution < -0.4 is 4.90 Å². The van der Waals surface area contributed by atoms with Crippen LogP contribution in [0.1, 0.15) is 16.7 Å². The molecule has 0 saturated carbocycles. The summed E-state index contributed by atoms with van der Waals surface area (Å²) in [5.74, 6) is 0. The van der Waals surface area contributed by atoms with Crippen molar-refractivity contribution in [2.24, 2.45) is 0 Å². The van der Waals surface area contributed by atoms with E-state index in [1.54, 1.807) is 0 Å². The Morgan fingerprint density at radius 2 is 1.53 bits per heavy atom. The van der Waals surface area contributed by atoms with E-state index in [0.717, 1.165) is 0 Å². The maximum Gasteiger partial charge on any atom is 0.0437 e. The molecule has 0 N–H and O–H groups in total. The lowest BCUT2D eigenvalue weighted by Gasteiger charge is -2.22. The largest absolute Gasteiger partial charge is 0.344 e. The van der Waals surface area contributed by atoms with Gasteiger partial charge in [0.25, 0.3) is 0 Å². The van der Waals surface area contributed by atoms with Gasteiger partial charge in [-0.3, -0.25) is 0 Å². The molecule has 0 fully saturated rings. The molecule has 0 aromatic heterocycles. The van der Waals surface area contributed by atoms with Crippen LogP contribution >= 0.6 is 0 Å². The number of aryl methyl sites for hydroxylation is 3. The number of benzene rings is 2. The van der Waals surface area contributed by atoms with Gasteiger partial charge >= 0.3 is 0 Å². The number of rotatable bonds is 2. The molecule has 0 aliphatic rings. The molecule has 0 spiro atoms. The van der Waals surface area contributed by atoms with Gasteiger partial charge in [-0.15, -0.1) is 0 Å². The predicted octanol–water partition coefficient (Wildman–Crippen LogP) is 4.38. The van der Waals surface area contributed by atoms with E-state index in [1.165, 1.54) is 28.1 Å². The van der Waals surface area contributed by atoms with Crippen LogP contribution in [0, 0.1) is 20.8 Å². The van der Waals surface area contributed by atoms with Crippen molar-refractivity contribution in [3.63, 3.8) is 0 Å². The molecule has 0 heterocycles. The second kappa shape index (κ2) is 4.62. The minimum absolute atomic E-state index is 1.23. The maximum atomic E-state index is 2.24. The molecular weight excluding hydrogens is 206 g/mol. The predicted molar refractivity (Wildman–Crippen MR) is 75.2 cm³/mol. The molecular formula is C16H19N. The molecule has 0 unspecified atom stereocenters. The lowest BCUT2D eigenvalue weighted by Crippen LogP contribution is -2.10. The van der Waals surface area contributed by atoms with Gasteiger partial charge in [0.2, 0.25) is 0 Å². The molecule has 88 valence electrons. The second-order valence-corrected chi connectivity index (χ2v) is 4.69. The Morgan fingerprint density at radius 1 is 0.824 bits per heavy atom. The smallest absolute Gasteiger partial charge is 0.0437 e. The van der Waals surface area contributed by atoms with Gasteiger partial charge in [0, 0.05) is 18.4 Å². The molecule has 17 heavy (non-hydrogen) atoms. The first-order valence-corrected chi connectivity index (χ1v) is 5.95. The van der Waals surface area contributed by atoms with E-state index in [4.69, 9.17) is 0 Å². The Hall–Kier alpha value is -1.76. The van der Waals surface area contributed by atoms with E-state index in [2.05, 4.69) is 75.2 Å². The summed E-state index contributed by atoms with van der Waals surface area (Å²) >= 11 is 0. The van der Waals surface area contributed by atoms with Crippen LogP contribution in [0.15, 0.2) is 42.5 Å². The van der Waals surface area contributed by atoms with Crippen molar-refractivity contribution in [2.45, 2.75) is 20.8 Å². The first-order chi connectivity index (χ1) is 8.08. The fraction of sp³-hybridized carbons (Fsp3) is 0.250. The first kappa shape index (κ1) is 11.7. The maximum absolute atomic E-state index is 2.24. The average molecular weight is 225 g/mol. The van der Waals surface area contributed by atoms with Crippen LogP contribution in [-0.2, 0) is 0 Å². The highest BCUT2D eigenvalue weighted by molar-refractivity contribution is 5.66. The first-order valence-electron chi connectivity index (χ1n) is 5.95. The van der Waals surface area contributed by atoms with Crippen LogP contribution in [0.3, 0.4) is 0 Å². The zero-order chi connectivity index (χ0) is 12.4. The van der Waals surface area contributed by atoms with E-state index in [9.17, 15) is 0 Å². The van der Waals surface area contributed by atoms with E-state index < -0.39 is 0 Å². The van der Waals surface area contributed by atoms with Crippen molar-refractivity contribution in [2.75, 3.05) is 11.9 Å². The number of nitrogens with zero attached hydrogens (tertiary/aromatic N) is 1. The number of hydrogen-bond acceptors (Lipinski definition) is 1. The van der Waals surface area contributed by atoms with Gasteiger partial charge in [-0.05, 0) is 50.1 Å². The van der Waals surface area contributed by atoms with E-state index in [1.807, 2.05) is 0 Å². The van der Waals surface area contributed by atoms with Gasteiger partial charge in [-0.2, -0.15) is 0 Å². The van der Waals surface area contributed by atoms with Crippen LogP contribution in [0.4, 0.5) is 11.4 Å². The highest BCUT2D eigenvalue weighted by Crippen LogP contribution is 2.27. The second-order valence-electron chi connectivity index (χ2n) is 4.69. The quantitative estimate of drug-likeness (QED) is 0.733. The van der Waals surface area contributed by atoms with Crippen molar-refractivity contribution in [3.8, 4) is 0 Å². The third kappa shape index (κ3) is 2.50. The molecule has 0 amide bonds. The van der Waals surface area contributed by atoms with Crippen LogP contribution in [0.5, 0.6) is 0 Å². The zero-order valence-corrected chi connectivity index (χ0v) is 11.0. The SMILES string of the molecule is Cc1cccc(N(C)c2ccc(C)cc2C)c1. The molecule has 1 heteroatoms. The lowest BCUT2D eigenvalue weighted by atomic mass is 10.1. The van der Waals surface area contributed by atoms with Crippen molar-refractivity contribution in [3.05, 3.63) is 59.2 Å². The normalized spacial score (nSPS) is 10.4. The summed E-state index contributed by atoms with van der Waals surface area (Å²) in [4.78, 5) is 2.24. The third-order valence-corrected chi connectivity index (χ3v) is 3.10. The summed E-state index contributed by atoms with van der Waals surface area (Å²) in [7, 11) is 2.12.